The molecule has 1 aromatic carbocycles. The number of rotatable bonds is 6. The summed E-state index contributed by atoms with van der Waals surface area (Å²) in [5, 5.41) is 0.998. The summed E-state index contributed by atoms with van der Waals surface area (Å²) in [6.07, 6.45) is 0.772. The van der Waals surface area contributed by atoms with Crippen LogP contribution in [-0.4, -0.2) is 53.7 Å². The van der Waals surface area contributed by atoms with Gasteiger partial charge in [-0.3, -0.25) is 24.1 Å². The van der Waals surface area contributed by atoms with Crippen molar-refractivity contribution in [2.45, 2.75) is 19.4 Å². The Hall–Kier alpha value is -2.54. The number of aldehydes is 1. The molecule has 1 aliphatic rings. The first-order valence-electron chi connectivity index (χ1n) is 6.76. The molecule has 1 atom stereocenters. The lowest BCUT2D eigenvalue weighted by atomic mass is 10.1. The highest BCUT2D eigenvalue weighted by molar-refractivity contribution is 6.22. The highest BCUT2D eigenvalue weighted by Gasteiger charge is 2.37. The number of nitrogens with zero attached hydrogens (tertiary/aromatic N) is 2. The van der Waals surface area contributed by atoms with Crippen LogP contribution in [0.3, 0.4) is 0 Å². The lowest BCUT2D eigenvalue weighted by Gasteiger charge is -2.26. The number of amides is 3. The fourth-order valence-electron chi connectivity index (χ4n) is 2.35. The Morgan fingerprint density at radius 2 is 1.82 bits per heavy atom. The topological polar surface area (TPSA) is 84.0 Å². The minimum atomic E-state index is -0.564. The molecule has 1 unspecified atom stereocenters. The van der Waals surface area contributed by atoms with Gasteiger partial charge in [-0.25, -0.2) is 5.06 Å². The summed E-state index contributed by atoms with van der Waals surface area (Å²) in [5.41, 5.74) is 0.565. The number of hydrogen-bond acceptors (Lipinski definition) is 5. The van der Waals surface area contributed by atoms with Gasteiger partial charge in [-0.2, -0.15) is 0 Å². The number of hydrogen-bond donors (Lipinski definition) is 0. The standard InChI is InChI=1S/C15H16N2O5/c1-10(7-8-18)17(22-2)13(19)9-16-14(20)11-5-3-4-6-12(11)15(16)21/h3-6,8,10H,7,9H2,1-2H3. The Bertz CT molecular complexity index is 593. The van der Waals surface area contributed by atoms with Crippen LogP contribution in [0.5, 0.6) is 0 Å². The molecule has 0 N–H and O–H groups in total. The van der Waals surface area contributed by atoms with Crippen molar-refractivity contribution >= 4 is 24.0 Å². The van der Waals surface area contributed by atoms with Gasteiger partial charge in [0.1, 0.15) is 12.8 Å². The molecule has 1 aliphatic heterocycles. The van der Waals surface area contributed by atoms with E-state index in [2.05, 4.69) is 0 Å². The van der Waals surface area contributed by atoms with Gasteiger partial charge in [-0.05, 0) is 19.1 Å². The van der Waals surface area contributed by atoms with Crippen molar-refractivity contribution in [2.75, 3.05) is 13.7 Å². The minimum absolute atomic E-state index is 0.0989. The fraction of sp³-hybridized carbons (Fsp3) is 0.333. The normalized spacial score (nSPS) is 14.7. The second-order valence-corrected chi connectivity index (χ2v) is 4.90. The van der Waals surface area contributed by atoms with E-state index in [0.717, 1.165) is 9.96 Å². The quantitative estimate of drug-likeness (QED) is 0.438. The SMILES string of the molecule is CON(C(=O)CN1C(=O)c2ccccc2C1=O)C(C)CC=O. The number of benzene rings is 1. The second-order valence-electron chi connectivity index (χ2n) is 4.90. The molecular weight excluding hydrogens is 288 g/mol. The Balaban J connectivity index is 2.14. The van der Waals surface area contributed by atoms with E-state index >= 15 is 0 Å². The minimum Gasteiger partial charge on any atom is -0.303 e. The fourth-order valence-corrected chi connectivity index (χ4v) is 2.35. The lowest BCUT2D eigenvalue weighted by molar-refractivity contribution is -0.187. The van der Waals surface area contributed by atoms with Gasteiger partial charge in [0, 0.05) is 6.42 Å². The van der Waals surface area contributed by atoms with Crippen molar-refractivity contribution in [2.24, 2.45) is 0 Å². The van der Waals surface area contributed by atoms with Crippen LogP contribution in [0, 0.1) is 0 Å². The van der Waals surface area contributed by atoms with Gasteiger partial charge in [-0.1, -0.05) is 12.1 Å². The first-order chi connectivity index (χ1) is 10.5. The molecule has 0 saturated heterocycles. The van der Waals surface area contributed by atoms with Gasteiger partial charge in [0.05, 0.1) is 24.3 Å². The van der Waals surface area contributed by atoms with Crippen LogP contribution in [-0.2, 0) is 14.4 Å². The van der Waals surface area contributed by atoms with Crippen LogP contribution >= 0.6 is 0 Å². The maximum absolute atomic E-state index is 12.2. The van der Waals surface area contributed by atoms with Crippen LogP contribution in [0.4, 0.5) is 0 Å². The van der Waals surface area contributed by atoms with Gasteiger partial charge < -0.3 is 4.79 Å². The first-order valence-corrected chi connectivity index (χ1v) is 6.76. The summed E-state index contributed by atoms with van der Waals surface area (Å²) in [5.74, 6) is -1.58. The van der Waals surface area contributed by atoms with Gasteiger partial charge in [0.2, 0.25) is 0 Å². The largest absolute Gasteiger partial charge is 0.303 e. The van der Waals surface area contributed by atoms with Crippen molar-refractivity contribution in [3.8, 4) is 0 Å². The molecule has 0 aliphatic carbocycles. The summed E-state index contributed by atoms with van der Waals surface area (Å²) in [6, 6.07) is 5.92. The van der Waals surface area contributed by atoms with Crippen LogP contribution in [0.1, 0.15) is 34.1 Å². The highest BCUT2D eigenvalue weighted by Crippen LogP contribution is 2.22. The van der Waals surface area contributed by atoms with Crippen LogP contribution in [0.15, 0.2) is 24.3 Å². The van der Waals surface area contributed by atoms with E-state index in [0.29, 0.717) is 6.29 Å². The molecule has 22 heavy (non-hydrogen) atoms. The molecule has 3 amide bonds. The molecular formula is C15H16N2O5. The van der Waals surface area contributed by atoms with Crippen molar-refractivity contribution in [1.29, 1.82) is 0 Å². The zero-order valence-electron chi connectivity index (χ0n) is 12.3. The summed E-state index contributed by atoms with van der Waals surface area (Å²) in [7, 11) is 1.29. The smallest absolute Gasteiger partial charge is 0.266 e. The molecule has 7 nitrogen and oxygen atoms in total. The zero-order chi connectivity index (χ0) is 16.3. The van der Waals surface area contributed by atoms with Gasteiger partial charge in [0.25, 0.3) is 17.7 Å². The average molecular weight is 304 g/mol. The molecule has 1 aromatic rings. The van der Waals surface area contributed by atoms with E-state index in [9.17, 15) is 19.2 Å². The molecule has 0 radical (unpaired) electrons. The second kappa shape index (κ2) is 6.48. The number of carbonyl (C=O) groups excluding carboxylic acids is 4. The maximum atomic E-state index is 12.2. The molecule has 0 fully saturated rings. The van der Waals surface area contributed by atoms with Gasteiger partial charge >= 0.3 is 0 Å². The summed E-state index contributed by atoms with van der Waals surface area (Å²) in [6.45, 7) is 1.21. The molecule has 1 heterocycles. The first kappa shape index (κ1) is 15.8. The molecule has 0 aromatic heterocycles. The van der Waals surface area contributed by atoms with E-state index in [-0.39, 0.29) is 17.5 Å². The Morgan fingerprint density at radius 1 is 1.27 bits per heavy atom. The third-order valence-electron chi connectivity index (χ3n) is 3.45. The Morgan fingerprint density at radius 3 is 2.27 bits per heavy atom. The monoisotopic (exact) mass is 304 g/mol. The molecule has 0 saturated carbocycles. The molecule has 0 bridgehead atoms. The summed E-state index contributed by atoms with van der Waals surface area (Å²) < 4.78 is 0. The molecule has 2 rings (SSSR count). The maximum Gasteiger partial charge on any atom is 0.266 e. The van der Waals surface area contributed by atoms with Gasteiger partial charge in [0.15, 0.2) is 0 Å². The van der Waals surface area contributed by atoms with E-state index < -0.39 is 30.3 Å². The third kappa shape index (κ3) is 2.75. The van der Waals surface area contributed by atoms with E-state index in [1.54, 1.807) is 31.2 Å². The van der Waals surface area contributed by atoms with Crippen molar-refractivity contribution in [3.05, 3.63) is 35.4 Å². The molecule has 7 heteroatoms. The van der Waals surface area contributed by atoms with E-state index in [4.69, 9.17) is 4.84 Å². The van der Waals surface area contributed by atoms with Crippen molar-refractivity contribution < 1.29 is 24.0 Å². The summed E-state index contributed by atoms with van der Waals surface area (Å²) in [4.78, 5) is 53.0. The van der Waals surface area contributed by atoms with E-state index in [1.165, 1.54) is 7.11 Å². The third-order valence-corrected chi connectivity index (χ3v) is 3.45. The predicted molar refractivity (Wildman–Crippen MR) is 75.8 cm³/mol. The highest BCUT2D eigenvalue weighted by atomic mass is 16.7. The molecule has 0 spiro atoms. The lowest BCUT2D eigenvalue weighted by Crippen LogP contribution is -2.45. The number of hydroxylamine groups is 2. The number of fused-ring (bicyclic) bond motifs is 1. The van der Waals surface area contributed by atoms with E-state index in [1.807, 2.05) is 0 Å². The Labute approximate surface area is 127 Å². The average Bonchev–Trinajstić information content (AvgIpc) is 2.74. The van der Waals surface area contributed by atoms with Crippen LogP contribution in [0.25, 0.3) is 0 Å². The predicted octanol–water partition coefficient (Wildman–Crippen LogP) is 0.650. The summed E-state index contributed by atoms with van der Waals surface area (Å²) >= 11 is 0. The number of imide groups is 1. The molecule has 116 valence electrons. The van der Waals surface area contributed by atoms with Crippen LogP contribution < -0.4 is 0 Å². The zero-order valence-corrected chi connectivity index (χ0v) is 12.3. The van der Waals surface area contributed by atoms with Crippen molar-refractivity contribution in [1.82, 2.24) is 9.96 Å². The van der Waals surface area contributed by atoms with Crippen LogP contribution in [0.2, 0.25) is 0 Å². The Kier molecular flexibility index (Phi) is 4.67. The number of carbonyl (C=O) groups is 4. The van der Waals surface area contributed by atoms with Gasteiger partial charge in [-0.15, -0.1) is 0 Å². The van der Waals surface area contributed by atoms with Crippen molar-refractivity contribution in [3.63, 3.8) is 0 Å².